The second-order valence-corrected chi connectivity index (χ2v) is 4.78. The van der Waals surface area contributed by atoms with Gasteiger partial charge in [-0.05, 0) is 37.5 Å². The Labute approximate surface area is 114 Å². The lowest BCUT2D eigenvalue weighted by Crippen LogP contribution is -2.42. The van der Waals surface area contributed by atoms with E-state index < -0.39 is 29.5 Å². The summed E-state index contributed by atoms with van der Waals surface area (Å²) in [5.74, 6) is -4.05. The number of halogens is 3. The first-order chi connectivity index (χ1) is 9.47. The van der Waals surface area contributed by atoms with Crippen LogP contribution in [0.25, 0.3) is 0 Å². The number of urea groups is 1. The number of hydrogen-bond donors (Lipinski definition) is 2. The molecule has 1 aliphatic rings. The van der Waals surface area contributed by atoms with Crippen molar-refractivity contribution in [2.24, 2.45) is 0 Å². The molecule has 2 amide bonds. The van der Waals surface area contributed by atoms with E-state index >= 15 is 0 Å². The summed E-state index contributed by atoms with van der Waals surface area (Å²) >= 11 is 0. The number of rotatable bonds is 3. The van der Waals surface area contributed by atoms with Crippen LogP contribution < -0.4 is 10.6 Å². The molecule has 0 saturated carbocycles. The minimum absolute atomic E-state index is 0.0453. The molecule has 0 spiro atoms. The van der Waals surface area contributed by atoms with Crippen LogP contribution >= 0.6 is 0 Å². The number of nitrogens with one attached hydrogen (secondary N) is 2. The lowest BCUT2D eigenvalue weighted by Gasteiger charge is -2.18. The van der Waals surface area contributed by atoms with E-state index in [4.69, 9.17) is 0 Å². The molecule has 1 aromatic carbocycles. The number of carbonyl (C=O) groups excluding carboxylic acids is 1. The van der Waals surface area contributed by atoms with Crippen LogP contribution in [0.2, 0.25) is 0 Å². The van der Waals surface area contributed by atoms with E-state index in [1.54, 1.807) is 6.92 Å². The zero-order valence-corrected chi connectivity index (χ0v) is 10.9. The van der Waals surface area contributed by atoms with Gasteiger partial charge >= 0.3 is 6.03 Å². The summed E-state index contributed by atoms with van der Waals surface area (Å²) in [4.78, 5) is 11.7. The maximum Gasteiger partial charge on any atom is 0.315 e. The Hall–Kier alpha value is -1.98. The monoisotopic (exact) mass is 284 g/mol. The first kappa shape index (κ1) is 14.4. The van der Waals surface area contributed by atoms with Crippen molar-refractivity contribution in [3.8, 4) is 0 Å². The van der Waals surface area contributed by atoms with Crippen LogP contribution in [-0.2, 0) is 0 Å². The average Bonchev–Trinajstić information content (AvgIpc) is 2.87. The van der Waals surface area contributed by atoms with Crippen molar-refractivity contribution in [3.63, 3.8) is 0 Å². The third kappa shape index (κ3) is 3.31. The highest BCUT2D eigenvalue weighted by atomic mass is 19.2. The van der Waals surface area contributed by atoms with Gasteiger partial charge in [0.25, 0.3) is 0 Å². The molecule has 3 nitrogen and oxygen atoms in total. The van der Waals surface area contributed by atoms with Crippen LogP contribution in [0.3, 0.4) is 0 Å². The molecule has 1 aliphatic carbocycles. The fourth-order valence-corrected chi connectivity index (χ4v) is 2.07. The van der Waals surface area contributed by atoms with Crippen molar-refractivity contribution >= 4 is 6.03 Å². The van der Waals surface area contributed by atoms with Gasteiger partial charge in [-0.1, -0.05) is 12.2 Å². The molecule has 20 heavy (non-hydrogen) atoms. The Bertz CT molecular complexity index is 514. The molecular formula is C14H15F3N2O. The minimum atomic E-state index is -1.51. The van der Waals surface area contributed by atoms with Crippen LogP contribution in [0.4, 0.5) is 18.0 Å². The molecule has 6 heteroatoms. The fraction of sp³-hybridized carbons (Fsp3) is 0.357. The van der Waals surface area contributed by atoms with E-state index in [1.165, 1.54) is 0 Å². The number of benzene rings is 1. The lowest BCUT2D eigenvalue weighted by molar-refractivity contribution is 0.234. The summed E-state index contributed by atoms with van der Waals surface area (Å²) in [7, 11) is 0. The van der Waals surface area contributed by atoms with Gasteiger partial charge in [-0.25, -0.2) is 18.0 Å². The number of hydrogen-bond acceptors (Lipinski definition) is 1. The minimum Gasteiger partial charge on any atom is -0.335 e. The Kier molecular flexibility index (Phi) is 4.32. The second-order valence-electron chi connectivity index (χ2n) is 4.78. The summed E-state index contributed by atoms with van der Waals surface area (Å²) in [6.07, 6.45) is 5.47. The standard InChI is InChI=1S/C14H15F3N2O/c1-8(9-6-11(15)13(17)12(16)7-9)18-14(20)19-10-4-2-3-5-10/h2-3,6-8,10H,4-5H2,1H3,(H2,18,19,20). The fourth-order valence-electron chi connectivity index (χ4n) is 2.07. The third-order valence-corrected chi connectivity index (χ3v) is 3.20. The first-order valence-electron chi connectivity index (χ1n) is 6.34. The van der Waals surface area contributed by atoms with Crippen molar-refractivity contribution < 1.29 is 18.0 Å². The van der Waals surface area contributed by atoms with Crippen LogP contribution in [0.1, 0.15) is 31.4 Å². The van der Waals surface area contributed by atoms with E-state index in [1.807, 2.05) is 12.2 Å². The predicted molar refractivity (Wildman–Crippen MR) is 68.6 cm³/mol. The van der Waals surface area contributed by atoms with E-state index in [9.17, 15) is 18.0 Å². The van der Waals surface area contributed by atoms with Gasteiger partial charge in [-0.15, -0.1) is 0 Å². The molecule has 2 rings (SSSR count). The highest BCUT2D eigenvalue weighted by molar-refractivity contribution is 5.74. The van der Waals surface area contributed by atoms with E-state index in [2.05, 4.69) is 10.6 Å². The molecule has 0 radical (unpaired) electrons. The Morgan fingerprint density at radius 3 is 2.30 bits per heavy atom. The van der Waals surface area contributed by atoms with Gasteiger partial charge in [-0.2, -0.15) is 0 Å². The van der Waals surface area contributed by atoms with Crippen molar-refractivity contribution in [1.29, 1.82) is 0 Å². The van der Waals surface area contributed by atoms with Gasteiger partial charge in [0.15, 0.2) is 17.5 Å². The summed E-state index contributed by atoms with van der Waals surface area (Å²) in [6.45, 7) is 1.57. The summed E-state index contributed by atoms with van der Waals surface area (Å²) < 4.78 is 39.1. The maximum atomic E-state index is 13.1. The molecule has 1 atom stereocenters. The SMILES string of the molecule is CC(NC(=O)NC1CC=CC1)c1cc(F)c(F)c(F)c1. The Morgan fingerprint density at radius 2 is 1.75 bits per heavy atom. The highest BCUT2D eigenvalue weighted by Crippen LogP contribution is 2.19. The molecule has 0 aliphatic heterocycles. The van der Waals surface area contributed by atoms with Crippen molar-refractivity contribution in [2.75, 3.05) is 0 Å². The molecule has 1 aromatic rings. The van der Waals surface area contributed by atoms with Crippen LogP contribution in [0.5, 0.6) is 0 Å². The predicted octanol–water partition coefficient (Wildman–Crippen LogP) is 3.18. The van der Waals surface area contributed by atoms with Crippen LogP contribution in [0.15, 0.2) is 24.3 Å². The van der Waals surface area contributed by atoms with Crippen LogP contribution in [0, 0.1) is 17.5 Å². The Balaban J connectivity index is 1.97. The molecule has 0 bridgehead atoms. The summed E-state index contributed by atoms with van der Waals surface area (Å²) in [5.41, 5.74) is 0.168. The Morgan fingerprint density at radius 1 is 1.20 bits per heavy atom. The van der Waals surface area contributed by atoms with Crippen molar-refractivity contribution in [1.82, 2.24) is 10.6 Å². The molecule has 1 unspecified atom stereocenters. The lowest BCUT2D eigenvalue weighted by atomic mass is 10.1. The molecule has 108 valence electrons. The normalized spacial score (nSPS) is 16.2. The maximum absolute atomic E-state index is 13.1. The van der Waals surface area contributed by atoms with E-state index in [0.29, 0.717) is 0 Å². The van der Waals surface area contributed by atoms with Crippen molar-refractivity contribution in [3.05, 3.63) is 47.3 Å². The van der Waals surface area contributed by atoms with E-state index in [0.717, 1.165) is 25.0 Å². The average molecular weight is 284 g/mol. The van der Waals surface area contributed by atoms with Gasteiger partial charge in [0.1, 0.15) is 0 Å². The van der Waals surface area contributed by atoms with Gasteiger partial charge < -0.3 is 10.6 Å². The first-order valence-corrected chi connectivity index (χ1v) is 6.34. The summed E-state index contributed by atoms with van der Waals surface area (Å²) in [5, 5.41) is 5.31. The van der Waals surface area contributed by atoms with Gasteiger partial charge in [-0.3, -0.25) is 0 Å². The summed E-state index contributed by atoms with van der Waals surface area (Å²) in [6, 6.07) is 0.746. The zero-order chi connectivity index (χ0) is 14.7. The third-order valence-electron chi connectivity index (χ3n) is 3.20. The molecule has 0 fully saturated rings. The molecule has 0 saturated heterocycles. The molecular weight excluding hydrogens is 269 g/mol. The van der Waals surface area contributed by atoms with Gasteiger partial charge in [0.2, 0.25) is 0 Å². The second kappa shape index (κ2) is 5.98. The van der Waals surface area contributed by atoms with Crippen molar-refractivity contribution in [2.45, 2.75) is 31.8 Å². The van der Waals surface area contributed by atoms with Crippen LogP contribution in [-0.4, -0.2) is 12.1 Å². The van der Waals surface area contributed by atoms with E-state index in [-0.39, 0.29) is 11.6 Å². The number of amides is 2. The molecule has 2 N–H and O–H groups in total. The molecule has 0 heterocycles. The zero-order valence-electron chi connectivity index (χ0n) is 10.9. The largest absolute Gasteiger partial charge is 0.335 e. The van der Waals surface area contributed by atoms with Gasteiger partial charge in [0, 0.05) is 6.04 Å². The molecule has 0 aromatic heterocycles. The van der Waals surface area contributed by atoms with Gasteiger partial charge in [0.05, 0.1) is 6.04 Å². The smallest absolute Gasteiger partial charge is 0.315 e. The topological polar surface area (TPSA) is 41.1 Å². The number of carbonyl (C=O) groups is 1. The highest BCUT2D eigenvalue weighted by Gasteiger charge is 2.18. The quantitative estimate of drug-likeness (QED) is 0.649.